The van der Waals surface area contributed by atoms with Crippen LogP contribution in [0.3, 0.4) is 0 Å². The lowest BCUT2D eigenvalue weighted by Gasteiger charge is -2.59. The highest BCUT2D eigenvalue weighted by molar-refractivity contribution is 6.03. The van der Waals surface area contributed by atoms with E-state index in [1.165, 1.54) is 6.07 Å². The number of allylic oxidation sites excluding steroid dienone is 1. The summed E-state index contributed by atoms with van der Waals surface area (Å²) in [6.07, 6.45) is 10.3. The number of carbonyl (C=O) groups excluding carboxylic acids is 1. The van der Waals surface area contributed by atoms with Gasteiger partial charge in [0, 0.05) is 50.1 Å². The smallest absolute Gasteiger partial charge is 0.410 e. The SMILES string of the molecule is C=CCO[C@@]12Oc3ccc(OCc4ccccc4F)cc3[C@H]3[C@H](CCCCO)[C@@H](CCCCO)C=C(C(=NOC4CCCCO4)C[C@@H]1N(C)C(=O)OCc1ccccc1)[C@H]32. The maximum absolute atomic E-state index is 14.7. The standard InChI is InChI=1S/C48H59FN2O9/c1-3-26-58-48-43(51(2)47(54)57-31-33-15-5-4-6-16-33)30-41(50-60-44-21-11-14-27-55-44)38-28-34(17-9-12-24-52)37(19-10-13-25-53)45(46(38)48)39-29-36(22-23-42(39)59-48)56-32-35-18-7-8-20-40(35)49/h3-8,15-16,18,20,22-23,28-29,34,37,43-46,52-53H,1,9-14,17,19,21,24-27,30-32H2,2H3/t34-,37+,43-,44?,45+,46+,48+/m0/s1. The van der Waals surface area contributed by atoms with E-state index in [1.54, 1.807) is 36.2 Å². The lowest BCUT2D eigenvalue weighted by Crippen LogP contribution is -2.69. The molecule has 11 nitrogen and oxygen atoms in total. The molecule has 4 aliphatic rings. The van der Waals surface area contributed by atoms with Crippen LogP contribution in [0, 0.1) is 23.6 Å². The fourth-order valence-electron chi connectivity index (χ4n) is 9.46. The number of nitrogens with zero attached hydrogens (tertiary/aromatic N) is 2. The van der Waals surface area contributed by atoms with Crippen molar-refractivity contribution in [3.8, 4) is 11.5 Å². The Labute approximate surface area is 352 Å². The molecule has 3 aromatic carbocycles. The van der Waals surface area contributed by atoms with Gasteiger partial charge < -0.3 is 43.6 Å². The Morgan fingerprint density at radius 1 is 1.00 bits per heavy atom. The van der Waals surface area contributed by atoms with Crippen LogP contribution < -0.4 is 9.47 Å². The maximum atomic E-state index is 14.7. The summed E-state index contributed by atoms with van der Waals surface area (Å²) in [6.45, 7) is 5.01. The molecule has 0 spiro atoms. The van der Waals surface area contributed by atoms with Crippen molar-refractivity contribution in [3.63, 3.8) is 0 Å². The number of aliphatic hydroxyl groups is 2. The van der Waals surface area contributed by atoms with Gasteiger partial charge in [0.05, 0.1) is 24.8 Å². The average Bonchev–Trinajstić information content (AvgIpc) is 3.28. The zero-order chi connectivity index (χ0) is 41.9. The van der Waals surface area contributed by atoms with Crippen LogP contribution >= 0.6 is 0 Å². The van der Waals surface area contributed by atoms with Crippen molar-refractivity contribution in [2.75, 3.05) is 33.5 Å². The van der Waals surface area contributed by atoms with Crippen LogP contribution in [0.5, 0.6) is 11.5 Å². The number of hydrogen-bond donors (Lipinski definition) is 2. The summed E-state index contributed by atoms with van der Waals surface area (Å²) >= 11 is 0. The molecule has 7 atom stereocenters. The highest BCUT2D eigenvalue weighted by Gasteiger charge is 2.65. The second kappa shape index (κ2) is 20.7. The van der Waals surface area contributed by atoms with Gasteiger partial charge in [0.15, 0.2) is 0 Å². The van der Waals surface area contributed by atoms with Crippen LogP contribution in [0.15, 0.2) is 102 Å². The van der Waals surface area contributed by atoms with Crippen molar-refractivity contribution >= 4 is 11.8 Å². The van der Waals surface area contributed by atoms with E-state index in [0.29, 0.717) is 48.6 Å². The summed E-state index contributed by atoms with van der Waals surface area (Å²) in [5.41, 5.74) is 3.79. The first kappa shape index (κ1) is 43.3. The van der Waals surface area contributed by atoms with Gasteiger partial charge in [-0.25, -0.2) is 9.18 Å². The molecule has 2 aliphatic heterocycles. The molecule has 0 aromatic heterocycles. The third-order valence-electron chi connectivity index (χ3n) is 12.4. The van der Waals surface area contributed by atoms with E-state index in [4.69, 9.17) is 33.7 Å². The van der Waals surface area contributed by atoms with Crippen molar-refractivity contribution in [3.05, 3.63) is 120 Å². The number of ether oxygens (including phenoxy) is 5. The normalized spacial score (nSPS) is 26.2. The minimum absolute atomic E-state index is 0.0260. The van der Waals surface area contributed by atoms with E-state index < -0.39 is 30.1 Å². The Morgan fingerprint density at radius 2 is 1.78 bits per heavy atom. The molecule has 2 N–H and O–H groups in total. The molecule has 2 aliphatic carbocycles. The van der Waals surface area contributed by atoms with Crippen LogP contribution in [0.2, 0.25) is 0 Å². The molecule has 322 valence electrons. The van der Waals surface area contributed by atoms with Crippen molar-refractivity contribution in [1.29, 1.82) is 0 Å². The molecule has 3 aromatic rings. The first-order valence-electron chi connectivity index (χ1n) is 21.5. The van der Waals surface area contributed by atoms with Gasteiger partial charge in [-0.2, -0.15) is 0 Å². The van der Waals surface area contributed by atoms with Gasteiger partial charge in [-0.05, 0) is 85.8 Å². The predicted octanol–water partition coefficient (Wildman–Crippen LogP) is 8.83. The number of carbonyl (C=O) groups is 1. The molecular weight excluding hydrogens is 768 g/mol. The molecule has 7 rings (SSSR count). The van der Waals surface area contributed by atoms with Crippen molar-refractivity contribution in [2.45, 2.75) is 101 Å². The van der Waals surface area contributed by atoms with Crippen molar-refractivity contribution in [1.82, 2.24) is 4.90 Å². The highest BCUT2D eigenvalue weighted by Crippen LogP contribution is 2.62. The monoisotopic (exact) mass is 826 g/mol. The summed E-state index contributed by atoms with van der Waals surface area (Å²) in [7, 11) is 1.71. The van der Waals surface area contributed by atoms with Crippen LogP contribution in [0.4, 0.5) is 9.18 Å². The van der Waals surface area contributed by atoms with E-state index in [2.05, 4.69) is 12.7 Å². The van der Waals surface area contributed by atoms with Gasteiger partial charge in [0.25, 0.3) is 0 Å². The van der Waals surface area contributed by atoms with Crippen molar-refractivity contribution in [2.24, 2.45) is 22.9 Å². The summed E-state index contributed by atoms with van der Waals surface area (Å²) in [4.78, 5) is 21.9. The summed E-state index contributed by atoms with van der Waals surface area (Å²) in [6, 6.07) is 21.1. The van der Waals surface area contributed by atoms with Crippen LogP contribution in [-0.4, -0.2) is 78.5 Å². The molecule has 2 heterocycles. The quantitative estimate of drug-likeness (QED) is 0.0692. The molecule has 0 bridgehead atoms. The van der Waals surface area contributed by atoms with Gasteiger partial charge in [0.2, 0.25) is 12.1 Å². The maximum Gasteiger partial charge on any atom is 0.410 e. The summed E-state index contributed by atoms with van der Waals surface area (Å²) in [5, 5.41) is 24.7. The molecule has 1 amide bonds. The minimum Gasteiger partial charge on any atom is -0.489 e. The zero-order valence-corrected chi connectivity index (χ0v) is 34.6. The first-order valence-corrected chi connectivity index (χ1v) is 21.5. The Kier molecular flexibility index (Phi) is 14.9. The Hall–Kier alpha value is -4.75. The summed E-state index contributed by atoms with van der Waals surface area (Å²) < 4.78 is 47.1. The number of rotatable bonds is 19. The largest absolute Gasteiger partial charge is 0.489 e. The molecule has 1 saturated carbocycles. The van der Waals surface area contributed by atoms with E-state index in [1.807, 2.05) is 48.5 Å². The highest BCUT2D eigenvalue weighted by atomic mass is 19.1. The molecule has 0 radical (unpaired) electrons. The molecule has 60 heavy (non-hydrogen) atoms. The minimum atomic E-state index is -1.43. The second-order valence-corrected chi connectivity index (χ2v) is 16.2. The predicted molar refractivity (Wildman–Crippen MR) is 225 cm³/mol. The number of hydrogen-bond acceptors (Lipinski definition) is 10. The van der Waals surface area contributed by atoms with E-state index >= 15 is 0 Å². The average molecular weight is 827 g/mol. The second-order valence-electron chi connectivity index (χ2n) is 16.2. The number of aliphatic hydroxyl groups excluding tert-OH is 2. The number of benzene rings is 3. The van der Waals surface area contributed by atoms with Gasteiger partial charge >= 0.3 is 6.09 Å². The number of amides is 1. The first-order chi connectivity index (χ1) is 29.4. The van der Waals surface area contributed by atoms with Gasteiger partial charge in [-0.15, -0.1) is 6.58 Å². The van der Waals surface area contributed by atoms with E-state index in [0.717, 1.165) is 55.2 Å². The number of unbranched alkanes of at least 4 members (excludes halogenated alkanes) is 2. The number of oxime groups is 1. The number of likely N-dealkylation sites (N-methyl/N-ethyl adjacent to an activating group) is 1. The molecule has 1 unspecified atom stereocenters. The lowest BCUT2D eigenvalue weighted by atomic mass is 9.55. The Morgan fingerprint density at radius 3 is 2.53 bits per heavy atom. The number of fused-ring (bicyclic) bond motifs is 2. The van der Waals surface area contributed by atoms with Crippen LogP contribution in [0.25, 0.3) is 0 Å². The van der Waals surface area contributed by atoms with Gasteiger partial charge in [-0.3, -0.25) is 0 Å². The van der Waals surface area contributed by atoms with Gasteiger partial charge in [0.1, 0.15) is 36.6 Å². The number of halogens is 1. The third kappa shape index (κ3) is 9.73. The van der Waals surface area contributed by atoms with Crippen molar-refractivity contribution < 1.29 is 47.9 Å². The molecule has 1 saturated heterocycles. The molecule has 12 heteroatoms. The third-order valence-corrected chi connectivity index (χ3v) is 12.4. The molecular formula is C48H59FN2O9. The van der Waals surface area contributed by atoms with Crippen LogP contribution in [-0.2, 0) is 32.3 Å². The molecule has 2 fully saturated rings. The Balaban J connectivity index is 1.36. The zero-order valence-electron chi connectivity index (χ0n) is 34.6. The van der Waals surface area contributed by atoms with Crippen LogP contribution in [0.1, 0.15) is 86.8 Å². The topological polar surface area (TPSA) is 129 Å². The van der Waals surface area contributed by atoms with E-state index in [-0.39, 0.29) is 63.0 Å². The van der Waals surface area contributed by atoms with Gasteiger partial charge in [-0.1, -0.05) is 78.7 Å². The lowest BCUT2D eigenvalue weighted by molar-refractivity contribution is -0.254. The van der Waals surface area contributed by atoms with E-state index in [9.17, 15) is 19.4 Å². The fraction of sp³-hybridized carbons (Fsp3) is 0.500. The summed E-state index contributed by atoms with van der Waals surface area (Å²) in [5.74, 6) is -1.30. The Bertz CT molecular complexity index is 1950. The fourth-order valence-corrected chi connectivity index (χ4v) is 9.46.